The maximum Gasteiger partial charge on any atom is 0.269 e. The van der Waals surface area contributed by atoms with Crippen LogP contribution in [0.3, 0.4) is 0 Å². The lowest BCUT2D eigenvalue weighted by molar-refractivity contribution is -0.384. The van der Waals surface area contributed by atoms with Gasteiger partial charge in [-0.15, -0.1) is 0 Å². The summed E-state index contributed by atoms with van der Waals surface area (Å²) in [5.41, 5.74) is 2.92. The summed E-state index contributed by atoms with van der Waals surface area (Å²) in [5.74, 6) is 2.34. The number of rotatable bonds is 9. The van der Waals surface area contributed by atoms with Crippen molar-refractivity contribution in [3.8, 4) is 17.2 Å². The smallest absolute Gasteiger partial charge is 0.269 e. The molecule has 0 aromatic heterocycles. The molecule has 0 spiro atoms. The zero-order valence-electron chi connectivity index (χ0n) is 17.3. The number of nitro groups is 1. The van der Waals surface area contributed by atoms with Crippen LogP contribution in [0.5, 0.6) is 17.2 Å². The molecule has 0 atom stereocenters. The Bertz CT molecular complexity index is 1160. The highest BCUT2D eigenvalue weighted by Crippen LogP contribution is 2.25. The van der Waals surface area contributed by atoms with E-state index in [0.29, 0.717) is 13.2 Å². The Hall–Kier alpha value is -4.32. The van der Waals surface area contributed by atoms with Gasteiger partial charge >= 0.3 is 0 Å². The molecule has 4 rings (SSSR count). The Balaban J connectivity index is 1.34. The fourth-order valence-electron chi connectivity index (χ4n) is 3.13. The van der Waals surface area contributed by atoms with Crippen LogP contribution < -0.4 is 14.8 Å². The zero-order valence-corrected chi connectivity index (χ0v) is 17.3. The third-order valence-corrected chi connectivity index (χ3v) is 4.83. The number of nitro benzene ring substituents is 1. The molecule has 0 amide bonds. The van der Waals surface area contributed by atoms with E-state index in [2.05, 4.69) is 5.32 Å². The first kappa shape index (κ1) is 20.9. The molecule has 0 bridgehead atoms. The van der Waals surface area contributed by atoms with Gasteiger partial charge in [0.1, 0.15) is 23.9 Å². The Morgan fingerprint density at radius 3 is 2.12 bits per heavy atom. The molecular formula is C26H22N2O4. The second-order valence-corrected chi connectivity index (χ2v) is 7.11. The van der Waals surface area contributed by atoms with E-state index in [1.54, 1.807) is 12.1 Å². The molecule has 0 fully saturated rings. The first-order chi connectivity index (χ1) is 15.7. The summed E-state index contributed by atoms with van der Waals surface area (Å²) in [5, 5.41) is 14.2. The zero-order chi connectivity index (χ0) is 22.2. The minimum absolute atomic E-state index is 0.0681. The predicted molar refractivity (Wildman–Crippen MR) is 124 cm³/mol. The van der Waals surface area contributed by atoms with Crippen molar-refractivity contribution < 1.29 is 14.4 Å². The number of para-hydroxylation sites is 2. The van der Waals surface area contributed by atoms with Crippen LogP contribution in [0.15, 0.2) is 103 Å². The van der Waals surface area contributed by atoms with Crippen molar-refractivity contribution in [2.24, 2.45) is 0 Å². The van der Waals surface area contributed by atoms with Gasteiger partial charge in [0, 0.05) is 29.9 Å². The largest absolute Gasteiger partial charge is 0.489 e. The predicted octanol–water partition coefficient (Wildman–Crippen LogP) is 6.58. The van der Waals surface area contributed by atoms with E-state index < -0.39 is 4.92 Å². The first-order valence-corrected chi connectivity index (χ1v) is 10.2. The molecule has 160 valence electrons. The lowest BCUT2D eigenvalue weighted by atomic mass is 10.2. The third kappa shape index (κ3) is 5.64. The van der Waals surface area contributed by atoms with Crippen molar-refractivity contribution in [3.05, 3.63) is 124 Å². The topological polar surface area (TPSA) is 73.6 Å². The van der Waals surface area contributed by atoms with Gasteiger partial charge in [-0.1, -0.05) is 36.4 Å². The van der Waals surface area contributed by atoms with E-state index in [1.807, 2.05) is 78.9 Å². The monoisotopic (exact) mass is 426 g/mol. The number of ether oxygens (including phenoxy) is 2. The highest BCUT2D eigenvalue weighted by Gasteiger charge is 2.07. The highest BCUT2D eigenvalue weighted by atomic mass is 16.6. The van der Waals surface area contributed by atoms with Gasteiger partial charge in [0.25, 0.3) is 5.69 Å². The molecule has 32 heavy (non-hydrogen) atoms. The van der Waals surface area contributed by atoms with Crippen LogP contribution in [0.4, 0.5) is 11.4 Å². The molecule has 0 unspecified atom stereocenters. The van der Waals surface area contributed by atoms with Gasteiger partial charge in [0.15, 0.2) is 0 Å². The van der Waals surface area contributed by atoms with Crippen molar-refractivity contribution >= 4 is 11.4 Å². The van der Waals surface area contributed by atoms with Crippen LogP contribution in [0.25, 0.3) is 0 Å². The van der Waals surface area contributed by atoms with Crippen LogP contribution in [-0.2, 0) is 13.2 Å². The summed E-state index contributed by atoms with van der Waals surface area (Å²) in [6.07, 6.45) is 0. The second-order valence-electron chi connectivity index (χ2n) is 7.11. The fourth-order valence-corrected chi connectivity index (χ4v) is 3.13. The summed E-state index contributed by atoms with van der Waals surface area (Å²) in [6, 6.07) is 31.6. The average molecular weight is 426 g/mol. The van der Waals surface area contributed by atoms with Crippen molar-refractivity contribution in [1.82, 2.24) is 0 Å². The number of nitrogens with zero attached hydrogens (tertiary/aromatic N) is 1. The number of hydrogen-bond acceptors (Lipinski definition) is 5. The third-order valence-electron chi connectivity index (χ3n) is 4.83. The molecule has 0 aliphatic carbocycles. The summed E-state index contributed by atoms with van der Waals surface area (Å²) in [4.78, 5) is 10.4. The molecule has 6 nitrogen and oxygen atoms in total. The van der Waals surface area contributed by atoms with Gasteiger partial charge in [-0.2, -0.15) is 0 Å². The van der Waals surface area contributed by atoms with Crippen LogP contribution >= 0.6 is 0 Å². The van der Waals surface area contributed by atoms with E-state index in [9.17, 15) is 10.1 Å². The fraction of sp³-hybridized carbons (Fsp3) is 0.0769. The molecule has 0 aliphatic rings. The lowest BCUT2D eigenvalue weighted by Crippen LogP contribution is -2.03. The Kier molecular flexibility index (Phi) is 6.63. The molecule has 6 heteroatoms. The number of anilines is 1. The van der Waals surface area contributed by atoms with E-state index in [0.717, 1.165) is 34.1 Å². The van der Waals surface area contributed by atoms with Gasteiger partial charge in [0.05, 0.1) is 4.92 Å². The highest BCUT2D eigenvalue weighted by molar-refractivity contribution is 5.48. The van der Waals surface area contributed by atoms with Crippen molar-refractivity contribution in [2.75, 3.05) is 5.32 Å². The Morgan fingerprint density at radius 1 is 0.750 bits per heavy atom. The molecule has 0 aliphatic heterocycles. The summed E-state index contributed by atoms with van der Waals surface area (Å²) < 4.78 is 11.8. The molecular weight excluding hydrogens is 404 g/mol. The van der Waals surface area contributed by atoms with E-state index in [4.69, 9.17) is 9.47 Å². The molecule has 0 radical (unpaired) electrons. The van der Waals surface area contributed by atoms with Crippen LogP contribution in [0.1, 0.15) is 11.1 Å². The number of benzene rings is 4. The Morgan fingerprint density at radius 2 is 1.41 bits per heavy atom. The molecule has 0 saturated heterocycles. The number of hydrogen-bond donors (Lipinski definition) is 1. The Labute approximate surface area is 186 Å². The van der Waals surface area contributed by atoms with Gasteiger partial charge < -0.3 is 14.8 Å². The van der Waals surface area contributed by atoms with Gasteiger partial charge in [0.2, 0.25) is 0 Å². The maximum atomic E-state index is 10.8. The molecule has 4 aromatic carbocycles. The average Bonchev–Trinajstić information content (AvgIpc) is 2.84. The summed E-state index contributed by atoms with van der Waals surface area (Å²) in [6.45, 7) is 0.926. The molecule has 4 aromatic rings. The van der Waals surface area contributed by atoms with Crippen molar-refractivity contribution in [2.45, 2.75) is 13.2 Å². The minimum Gasteiger partial charge on any atom is -0.489 e. The molecule has 0 saturated carbocycles. The number of non-ortho nitro benzene ring substituents is 1. The van der Waals surface area contributed by atoms with Crippen LogP contribution in [-0.4, -0.2) is 4.92 Å². The quantitative estimate of drug-likeness (QED) is 0.242. The maximum absolute atomic E-state index is 10.8. The van der Waals surface area contributed by atoms with Gasteiger partial charge in [-0.05, 0) is 60.2 Å². The summed E-state index contributed by atoms with van der Waals surface area (Å²) >= 11 is 0. The molecule has 1 N–H and O–H groups in total. The van der Waals surface area contributed by atoms with E-state index in [1.165, 1.54) is 12.1 Å². The summed E-state index contributed by atoms with van der Waals surface area (Å²) in [7, 11) is 0. The van der Waals surface area contributed by atoms with E-state index in [-0.39, 0.29) is 5.69 Å². The SMILES string of the molecule is O=[N+]([O-])c1ccc(COc2ccccc2CNc2ccc(Oc3ccccc3)cc2)cc1. The second kappa shape index (κ2) is 10.1. The normalized spacial score (nSPS) is 10.4. The molecule has 0 heterocycles. The minimum atomic E-state index is -0.411. The van der Waals surface area contributed by atoms with Crippen molar-refractivity contribution in [1.29, 1.82) is 0 Å². The van der Waals surface area contributed by atoms with E-state index >= 15 is 0 Å². The van der Waals surface area contributed by atoms with Gasteiger partial charge in [-0.3, -0.25) is 10.1 Å². The van der Waals surface area contributed by atoms with Gasteiger partial charge in [-0.25, -0.2) is 0 Å². The van der Waals surface area contributed by atoms with Crippen molar-refractivity contribution in [3.63, 3.8) is 0 Å². The van der Waals surface area contributed by atoms with Crippen LogP contribution in [0, 0.1) is 10.1 Å². The van der Waals surface area contributed by atoms with Crippen LogP contribution in [0.2, 0.25) is 0 Å². The first-order valence-electron chi connectivity index (χ1n) is 10.2. The lowest BCUT2D eigenvalue weighted by Gasteiger charge is -2.13. The number of nitrogens with one attached hydrogen (secondary N) is 1. The standard InChI is InChI=1S/C26H22N2O4/c29-28(30)23-14-10-20(11-15-23)19-31-26-9-5-4-6-21(26)18-27-22-12-16-25(17-13-22)32-24-7-2-1-3-8-24/h1-17,27H,18-19H2.